The number of ether oxygens (including phenoxy) is 2. The molecule has 0 aliphatic carbocycles. The molecule has 0 aliphatic rings. The Labute approximate surface area is 105 Å². The van der Waals surface area contributed by atoms with E-state index in [1.807, 2.05) is 13.8 Å². The van der Waals surface area contributed by atoms with Crippen molar-refractivity contribution in [3.63, 3.8) is 0 Å². The van der Waals surface area contributed by atoms with Crippen molar-refractivity contribution in [2.75, 3.05) is 13.2 Å². The number of carboxylic acid groups (broad SMARTS) is 1. The van der Waals surface area contributed by atoms with Crippen LogP contribution >= 0.6 is 0 Å². The van der Waals surface area contributed by atoms with Crippen LogP contribution in [0.25, 0.3) is 0 Å². The highest BCUT2D eigenvalue weighted by Crippen LogP contribution is 2.13. The van der Waals surface area contributed by atoms with Gasteiger partial charge in [-0.3, -0.25) is 0 Å². The molecule has 0 fully saturated rings. The largest absolute Gasteiger partial charge is 0.478 e. The van der Waals surface area contributed by atoms with Crippen LogP contribution in [0, 0.1) is 5.82 Å². The topological polar surface area (TPSA) is 55.8 Å². The van der Waals surface area contributed by atoms with Crippen molar-refractivity contribution in [2.45, 2.75) is 26.6 Å². The van der Waals surface area contributed by atoms with E-state index in [2.05, 4.69) is 0 Å². The Morgan fingerprint density at radius 1 is 1.50 bits per heavy atom. The van der Waals surface area contributed by atoms with Crippen LogP contribution in [0.15, 0.2) is 18.2 Å². The fourth-order valence-corrected chi connectivity index (χ4v) is 1.45. The average Bonchev–Trinajstić information content (AvgIpc) is 2.33. The maximum atomic E-state index is 13.1. The summed E-state index contributed by atoms with van der Waals surface area (Å²) in [6.07, 6.45) is -0.171. The molecule has 100 valence electrons. The predicted octanol–water partition coefficient (Wildman–Crippen LogP) is 2.47. The van der Waals surface area contributed by atoms with Gasteiger partial charge in [0.15, 0.2) is 0 Å². The quantitative estimate of drug-likeness (QED) is 0.814. The number of benzene rings is 1. The molecule has 1 aromatic rings. The van der Waals surface area contributed by atoms with Crippen LogP contribution in [0.2, 0.25) is 0 Å². The van der Waals surface area contributed by atoms with Gasteiger partial charge in [0.05, 0.1) is 24.9 Å². The van der Waals surface area contributed by atoms with Crippen molar-refractivity contribution in [2.24, 2.45) is 0 Å². The Morgan fingerprint density at radius 3 is 2.83 bits per heavy atom. The summed E-state index contributed by atoms with van der Waals surface area (Å²) in [7, 11) is 0. The molecule has 1 N–H and O–H groups in total. The first-order valence-electron chi connectivity index (χ1n) is 5.75. The lowest BCUT2D eigenvalue weighted by atomic mass is 10.1. The summed E-state index contributed by atoms with van der Waals surface area (Å²) in [6, 6.07) is 3.54. The van der Waals surface area contributed by atoms with Gasteiger partial charge in [-0.25, -0.2) is 9.18 Å². The standard InChI is InChI=1S/C13H17FO4/c1-3-17-7-9(2)18-8-10-6-11(14)4-5-12(10)13(15)16/h4-6,9H,3,7-8H2,1-2H3,(H,15,16). The monoisotopic (exact) mass is 256 g/mol. The number of rotatable bonds is 7. The highest BCUT2D eigenvalue weighted by molar-refractivity contribution is 5.89. The van der Waals surface area contributed by atoms with Crippen molar-refractivity contribution >= 4 is 5.97 Å². The van der Waals surface area contributed by atoms with Gasteiger partial charge in [0.2, 0.25) is 0 Å². The summed E-state index contributed by atoms with van der Waals surface area (Å²) in [6.45, 7) is 4.76. The van der Waals surface area contributed by atoms with E-state index in [0.717, 1.165) is 6.07 Å². The summed E-state index contributed by atoms with van der Waals surface area (Å²) >= 11 is 0. The molecule has 0 aliphatic heterocycles. The zero-order chi connectivity index (χ0) is 13.5. The van der Waals surface area contributed by atoms with Crippen molar-refractivity contribution < 1.29 is 23.8 Å². The van der Waals surface area contributed by atoms with Gasteiger partial charge in [0.25, 0.3) is 0 Å². The third-order valence-corrected chi connectivity index (χ3v) is 2.38. The van der Waals surface area contributed by atoms with Gasteiger partial charge in [-0.05, 0) is 37.6 Å². The molecule has 18 heavy (non-hydrogen) atoms. The molecule has 0 amide bonds. The van der Waals surface area contributed by atoms with Gasteiger partial charge < -0.3 is 14.6 Å². The Hall–Kier alpha value is -1.46. The second-order valence-electron chi connectivity index (χ2n) is 3.89. The van der Waals surface area contributed by atoms with E-state index in [0.29, 0.717) is 18.8 Å². The van der Waals surface area contributed by atoms with Crippen LogP contribution in [0.4, 0.5) is 4.39 Å². The van der Waals surface area contributed by atoms with E-state index in [4.69, 9.17) is 14.6 Å². The molecule has 1 atom stereocenters. The molecule has 0 radical (unpaired) electrons. The molecule has 0 saturated heterocycles. The van der Waals surface area contributed by atoms with Gasteiger partial charge in [0, 0.05) is 6.61 Å². The maximum Gasteiger partial charge on any atom is 0.336 e. The average molecular weight is 256 g/mol. The maximum absolute atomic E-state index is 13.1. The Morgan fingerprint density at radius 2 is 2.22 bits per heavy atom. The molecule has 0 bridgehead atoms. The lowest BCUT2D eigenvalue weighted by molar-refractivity contribution is -0.0120. The van der Waals surface area contributed by atoms with Crippen LogP contribution in [-0.4, -0.2) is 30.4 Å². The minimum Gasteiger partial charge on any atom is -0.478 e. The minimum atomic E-state index is -1.09. The van der Waals surface area contributed by atoms with E-state index in [9.17, 15) is 9.18 Å². The van der Waals surface area contributed by atoms with Crippen LogP contribution in [0.3, 0.4) is 0 Å². The second kappa shape index (κ2) is 7.08. The zero-order valence-corrected chi connectivity index (χ0v) is 10.5. The molecule has 1 aromatic carbocycles. The number of hydrogen-bond acceptors (Lipinski definition) is 3. The van der Waals surface area contributed by atoms with Crippen LogP contribution < -0.4 is 0 Å². The Balaban J connectivity index is 2.65. The van der Waals surface area contributed by atoms with E-state index in [1.54, 1.807) is 0 Å². The summed E-state index contributed by atoms with van der Waals surface area (Å²) in [5.74, 6) is -1.57. The first-order chi connectivity index (χ1) is 8.54. The Bertz CT molecular complexity index is 406. The summed E-state index contributed by atoms with van der Waals surface area (Å²) in [5.41, 5.74) is 0.380. The molecule has 1 unspecified atom stereocenters. The highest BCUT2D eigenvalue weighted by atomic mass is 19.1. The van der Waals surface area contributed by atoms with Crippen LogP contribution in [0.1, 0.15) is 29.8 Å². The third-order valence-electron chi connectivity index (χ3n) is 2.38. The normalized spacial score (nSPS) is 12.4. The van der Waals surface area contributed by atoms with Crippen LogP contribution in [-0.2, 0) is 16.1 Å². The lowest BCUT2D eigenvalue weighted by Crippen LogP contribution is -2.17. The van der Waals surface area contributed by atoms with Gasteiger partial charge >= 0.3 is 5.97 Å². The highest BCUT2D eigenvalue weighted by Gasteiger charge is 2.12. The van der Waals surface area contributed by atoms with E-state index in [-0.39, 0.29) is 18.3 Å². The predicted molar refractivity (Wildman–Crippen MR) is 64.1 cm³/mol. The summed E-state index contributed by atoms with van der Waals surface area (Å²) in [4.78, 5) is 10.9. The summed E-state index contributed by atoms with van der Waals surface area (Å²) < 4.78 is 23.7. The molecular weight excluding hydrogens is 239 g/mol. The lowest BCUT2D eigenvalue weighted by Gasteiger charge is -2.14. The minimum absolute atomic E-state index is 0.0492. The molecule has 0 heterocycles. The van der Waals surface area contributed by atoms with E-state index < -0.39 is 11.8 Å². The van der Waals surface area contributed by atoms with Gasteiger partial charge in [-0.1, -0.05) is 0 Å². The Kier molecular flexibility index (Phi) is 5.74. The van der Waals surface area contributed by atoms with E-state index >= 15 is 0 Å². The van der Waals surface area contributed by atoms with Crippen molar-refractivity contribution in [3.05, 3.63) is 35.1 Å². The number of carboxylic acids is 1. The molecule has 4 nitrogen and oxygen atoms in total. The second-order valence-corrected chi connectivity index (χ2v) is 3.89. The molecular formula is C13H17FO4. The molecule has 1 rings (SSSR count). The fraction of sp³-hybridized carbons (Fsp3) is 0.462. The first kappa shape index (κ1) is 14.6. The van der Waals surface area contributed by atoms with Crippen LogP contribution in [0.5, 0.6) is 0 Å². The van der Waals surface area contributed by atoms with Crippen molar-refractivity contribution in [3.8, 4) is 0 Å². The fourth-order valence-electron chi connectivity index (χ4n) is 1.45. The first-order valence-corrected chi connectivity index (χ1v) is 5.75. The third kappa shape index (κ3) is 4.43. The zero-order valence-electron chi connectivity index (χ0n) is 10.5. The number of hydrogen-bond donors (Lipinski definition) is 1. The van der Waals surface area contributed by atoms with Gasteiger partial charge in [-0.2, -0.15) is 0 Å². The van der Waals surface area contributed by atoms with Crippen molar-refractivity contribution in [1.29, 1.82) is 0 Å². The van der Waals surface area contributed by atoms with Gasteiger partial charge in [0.1, 0.15) is 5.82 Å². The number of aromatic carboxylic acids is 1. The van der Waals surface area contributed by atoms with Gasteiger partial charge in [-0.15, -0.1) is 0 Å². The number of halogens is 1. The van der Waals surface area contributed by atoms with E-state index in [1.165, 1.54) is 12.1 Å². The molecule has 0 spiro atoms. The van der Waals surface area contributed by atoms with Crippen molar-refractivity contribution in [1.82, 2.24) is 0 Å². The molecule has 5 heteroatoms. The SMILES string of the molecule is CCOCC(C)OCc1cc(F)ccc1C(=O)O. The summed E-state index contributed by atoms with van der Waals surface area (Å²) in [5, 5.41) is 8.96. The number of carbonyl (C=O) groups is 1. The molecule has 0 aromatic heterocycles. The molecule has 0 saturated carbocycles. The smallest absolute Gasteiger partial charge is 0.336 e.